The van der Waals surface area contributed by atoms with Crippen LogP contribution in [-0.4, -0.2) is 11.8 Å². The summed E-state index contributed by atoms with van der Waals surface area (Å²) >= 11 is 0. The molecule has 68 valence electrons. The summed E-state index contributed by atoms with van der Waals surface area (Å²) in [6, 6.07) is 0. The van der Waals surface area contributed by atoms with Gasteiger partial charge in [0.2, 0.25) is 5.79 Å². The number of esters is 1. The second-order valence-corrected chi connectivity index (χ2v) is 2.85. The van der Waals surface area contributed by atoms with Gasteiger partial charge in [-0.3, -0.25) is 0 Å². The summed E-state index contributed by atoms with van der Waals surface area (Å²) in [5, 5.41) is 0. The zero-order chi connectivity index (χ0) is 9.78. The summed E-state index contributed by atoms with van der Waals surface area (Å²) in [4.78, 5) is 11.0. The molecule has 0 aromatic heterocycles. The van der Waals surface area contributed by atoms with Crippen molar-refractivity contribution in [1.29, 1.82) is 0 Å². The largest absolute Gasteiger partial charge is 0.461 e. The van der Waals surface area contributed by atoms with Crippen LogP contribution in [0.15, 0.2) is 25.0 Å². The Morgan fingerprint density at radius 3 is 2.33 bits per heavy atom. The predicted octanol–water partition coefficient (Wildman–Crippen LogP) is 2.00. The van der Waals surface area contributed by atoms with Crippen molar-refractivity contribution < 1.29 is 14.3 Å². The van der Waals surface area contributed by atoms with E-state index in [-0.39, 0.29) is 0 Å². The minimum absolute atomic E-state index is 0.343. The van der Waals surface area contributed by atoms with Crippen LogP contribution in [0.4, 0.5) is 0 Å². The molecule has 0 bridgehead atoms. The molecule has 3 nitrogen and oxygen atoms in total. The lowest BCUT2D eigenvalue weighted by molar-refractivity contribution is -0.192. The number of rotatable bonds is 4. The molecule has 0 radical (unpaired) electrons. The zero-order valence-corrected chi connectivity index (χ0v) is 7.72. The molecule has 0 aliphatic carbocycles. The molecule has 0 N–H and O–H groups in total. The summed E-state index contributed by atoms with van der Waals surface area (Å²) in [7, 11) is 0. The van der Waals surface area contributed by atoms with Gasteiger partial charge in [0.05, 0.1) is 6.26 Å². The van der Waals surface area contributed by atoms with E-state index >= 15 is 0 Å². The van der Waals surface area contributed by atoms with E-state index < -0.39 is 11.8 Å². The highest BCUT2D eigenvalue weighted by atomic mass is 16.7. The van der Waals surface area contributed by atoms with E-state index in [2.05, 4.69) is 13.2 Å². The number of carbonyl (C=O) groups is 1. The van der Waals surface area contributed by atoms with Gasteiger partial charge in [0.25, 0.3) is 0 Å². The molecule has 0 saturated carbocycles. The van der Waals surface area contributed by atoms with Crippen molar-refractivity contribution in [1.82, 2.24) is 0 Å². The van der Waals surface area contributed by atoms with Gasteiger partial charge in [-0.15, -0.1) is 0 Å². The standard InChI is InChI=1S/C9H14O3/c1-6-11-9(4,5)12-8(10)7(2)3/h6H,1-2H2,3-5H3. The first-order valence-corrected chi connectivity index (χ1v) is 3.56. The van der Waals surface area contributed by atoms with Crippen LogP contribution in [0.3, 0.4) is 0 Å². The third-order valence-corrected chi connectivity index (χ3v) is 1.05. The van der Waals surface area contributed by atoms with Gasteiger partial charge in [-0.25, -0.2) is 4.79 Å². The minimum Gasteiger partial charge on any atom is -0.461 e. The van der Waals surface area contributed by atoms with Crippen molar-refractivity contribution in [3.8, 4) is 0 Å². The molecule has 0 aliphatic heterocycles. The second-order valence-electron chi connectivity index (χ2n) is 2.85. The first-order chi connectivity index (χ1) is 5.39. The molecule has 0 amide bonds. The minimum atomic E-state index is -0.974. The average molecular weight is 170 g/mol. The van der Waals surface area contributed by atoms with Crippen LogP contribution in [0.5, 0.6) is 0 Å². The fourth-order valence-corrected chi connectivity index (χ4v) is 0.535. The normalized spacial score (nSPS) is 10.2. The Hall–Kier alpha value is -1.25. The van der Waals surface area contributed by atoms with Crippen LogP contribution in [0.2, 0.25) is 0 Å². The second kappa shape index (κ2) is 3.95. The number of carbonyl (C=O) groups excluding carboxylic acids is 1. The van der Waals surface area contributed by atoms with Crippen LogP contribution in [0, 0.1) is 0 Å². The molecule has 0 unspecified atom stereocenters. The summed E-state index contributed by atoms with van der Waals surface area (Å²) < 4.78 is 9.84. The monoisotopic (exact) mass is 170 g/mol. The Morgan fingerprint density at radius 1 is 1.50 bits per heavy atom. The van der Waals surface area contributed by atoms with E-state index in [4.69, 9.17) is 9.47 Å². The van der Waals surface area contributed by atoms with E-state index in [9.17, 15) is 4.79 Å². The fourth-order valence-electron chi connectivity index (χ4n) is 0.535. The van der Waals surface area contributed by atoms with Crippen molar-refractivity contribution in [3.05, 3.63) is 25.0 Å². The molecule has 12 heavy (non-hydrogen) atoms. The average Bonchev–Trinajstić information content (AvgIpc) is 1.85. The highest BCUT2D eigenvalue weighted by Gasteiger charge is 2.22. The van der Waals surface area contributed by atoms with E-state index in [1.165, 1.54) is 6.26 Å². The van der Waals surface area contributed by atoms with Gasteiger partial charge in [-0.1, -0.05) is 13.2 Å². The molecule has 0 rings (SSSR count). The Bertz CT molecular complexity index is 204. The smallest absolute Gasteiger partial charge is 0.336 e. The first kappa shape index (κ1) is 10.8. The van der Waals surface area contributed by atoms with Crippen LogP contribution in [0.25, 0.3) is 0 Å². The lowest BCUT2D eigenvalue weighted by Gasteiger charge is -2.23. The van der Waals surface area contributed by atoms with Gasteiger partial charge in [0.1, 0.15) is 0 Å². The lowest BCUT2D eigenvalue weighted by Crippen LogP contribution is -2.29. The molecule has 0 aromatic carbocycles. The Morgan fingerprint density at radius 2 is 2.00 bits per heavy atom. The van der Waals surface area contributed by atoms with Gasteiger partial charge in [0, 0.05) is 19.4 Å². The highest BCUT2D eigenvalue weighted by molar-refractivity contribution is 5.87. The summed E-state index contributed by atoms with van der Waals surface area (Å²) in [5.74, 6) is -1.44. The maximum Gasteiger partial charge on any atom is 0.336 e. The van der Waals surface area contributed by atoms with E-state index in [1.54, 1.807) is 20.8 Å². The molecule has 3 heteroatoms. The molecular weight excluding hydrogens is 156 g/mol. The van der Waals surface area contributed by atoms with Crippen LogP contribution >= 0.6 is 0 Å². The molecular formula is C9H14O3. The third-order valence-electron chi connectivity index (χ3n) is 1.05. The van der Waals surface area contributed by atoms with Gasteiger partial charge in [-0.05, 0) is 6.92 Å². The molecule has 0 heterocycles. The Balaban J connectivity index is 4.14. The molecule has 0 atom stereocenters. The molecule has 0 spiro atoms. The number of ether oxygens (including phenoxy) is 2. The van der Waals surface area contributed by atoms with Crippen molar-refractivity contribution in [3.63, 3.8) is 0 Å². The summed E-state index contributed by atoms with van der Waals surface area (Å²) in [6.07, 6.45) is 1.23. The Kier molecular flexibility index (Phi) is 3.54. The maximum atomic E-state index is 11.0. The molecule has 0 saturated heterocycles. The van der Waals surface area contributed by atoms with Crippen LogP contribution in [-0.2, 0) is 14.3 Å². The predicted molar refractivity (Wildman–Crippen MR) is 46.3 cm³/mol. The number of hydrogen-bond acceptors (Lipinski definition) is 3. The van der Waals surface area contributed by atoms with Gasteiger partial charge in [-0.2, -0.15) is 0 Å². The van der Waals surface area contributed by atoms with Gasteiger partial charge < -0.3 is 9.47 Å². The quantitative estimate of drug-likeness (QED) is 0.280. The van der Waals surface area contributed by atoms with Crippen LogP contribution < -0.4 is 0 Å². The van der Waals surface area contributed by atoms with Crippen LogP contribution in [0.1, 0.15) is 20.8 Å². The van der Waals surface area contributed by atoms with E-state index in [1.807, 2.05) is 0 Å². The maximum absolute atomic E-state index is 11.0. The highest BCUT2D eigenvalue weighted by Crippen LogP contribution is 2.13. The molecule has 0 aliphatic rings. The number of hydrogen-bond donors (Lipinski definition) is 0. The lowest BCUT2D eigenvalue weighted by atomic mass is 10.3. The summed E-state index contributed by atoms with van der Waals surface area (Å²) in [6.45, 7) is 11.6. The summed E-state index contributed by atoms with van der Waals surface area (Å²) in [5.41, 5.74) is 0.343. The zero-order valence-electron chi connectivity index (χ0n) is 7.72. The van der Waals surface area contributed by atoms with Crippen molar-refractivity contribution in [2.24, 2.45) is 0 Å². The molecule has 0 aromatic rings. The van der Waals surface area contributed by atoms with E-state index in [0.717, 1.165) is 0 Å². The van der Waals surface area contributed by atoms with Crippen molar-refractivity contribution in [2.45, 2.75) is 26.6 Å². The fraction of sp³-hybridized carbons (Fsp3) is 0.444. The third kappa shape index (κ3) is 3.81. The first-order valence-electron chi connectivity index (χ1n) is 3.56. The molecule has 0 fully saturated rings. The van der Waals surface area contributed by atoms with Gasteiger partial charge in [0.15, 0.2) is 0 Å². The SMILES string of the molecule is C=COC(C)(C)OC(=O)C(=C)C. The van der Waals surface area contributed by atoms with Gasteiger partial charge >= 0.3 is 5.97 Å². The Labute approximate surface area is 72.7 Å². The topological polar surface area (TPSA) is 35.5 Å². The van der Waals surface area contributed by atoms with Crippen molar-refractivity contribution >= 4 is 5.97 Å². The van der Waals surface area contributed by atoms with Crippen molar-refractivity contribution in [2.75, 3.05) is 0 Å². The van der Waals surface area contributed by atoms with E-state index in [0.29, 0.717) is 5.57 Å².